The van der Waals surface area contributed by atoms with Gasteiger partial charge in [0.1, 0.15) is 5.70 Å². The Hall–Kier alpha value is -3.64. The Labute approximate surface area is 220 Å². The Balaban J connectivity index is 2.08. The highest BCUT2D eigenvalue weighted by Gasteiger charge is 2.40. The summed E-state index contributed by atoms with van der Waals surface area (Å²) in [5, 5.41) is 0. The molecule has 1 aliphatic heterocycles. The summed E-state index contributed by atoms with van der Waals surface area (Å²) < 4.78 is 12.0. The molecule has 4 rings (SSSR count). The molecule has 1 atom stereocenters. The van der Waals surface area contributed by atoms with Crippen LogP contribution >= 0.6 is 15.9 Å². The summed E-state index contributed by atoms with van der Waals surface area (Å²) in [6.07, 6.45) is 2.03. The maximum Gasteiger partial charge on any atom is 0.355 e. The fraction of sp³-hybridized carbons (Fsp3) is 0.200. The molecule has 1 unspecified atom stereocenters. The SMILES string of the molecule is CCOC(=O)C1=C(C(=O)OCC)N(c2ccccc2C)C(c2ccccc2)=CC1c1ccc(Br)cc1. The van der Waals surface area contributed by atoms with Crippen LogP contribution in [0.3, 0.4) is 0 Å². The lowest BCUT2D eigenvalue weighted by molar-refractivity contribution is -0.142. The summed E-state index contributed by atoms with van der Waals surface area (Å²) in [4.78, 5) is 29.0. The number of carbonyl (C=O) groups is 2. The second-order valence-corrected chi connectivity index (χ2v) is 9.19. The third kappa shape index (κ3) is 5.14. The van der Waals surface area contributed by atoms with Crippen molar-refractivity contribution in [2.75, 3.05) is 18.1 Å². The van der Waals surface area contributed by atoms with Crippen molar-refractivity contribution in [3.05, 3.63) is 117 Å². The first-order valence-corrected chi connectivity index (χ1v) is 12.7. The molecule has 1 aliphatic rings. The normalized spacial score (nSPS) is 15.4. The average molecular weight is 546 g/mol. The molecular formula is C30H28BrNO4. The van der Waals surface area contributed by atoms with E-state index >= 15 is 0 Å². The highest BCUT2D eigenvalue weighted by molar-refractivity contribution is 9.10. The summed E-state index contributed by atoms with van der Waals surface area (Å²) in [7, 11) is 0. The van der Waals surface area contributed by atoms with Gasteiger partial charge in [-0.05, 0) is 61.7 Å². The number of ether oxygens (including phenoxy) is 2. The molecule has 0 aliphatic carbocycles. The number of aryl methyl sites for hydroxylation is 1. The molecular weight excluding hydrogens is 518 g/mol. The van der Waals surface area contributed by atoms with Crippen LogP contribution in [0.1, 0.15) is 36.5 Å². The van der Waals surface area contributed by atoms with Crippen molar-refractivity contribution in [2.24, 2.45) is 0 Å². The number of allylic oxidation sites excluding steroid dienone is 1. The Kier molecular flexibility index (Phi) is 8.06. The van der Waals surface area contributed by atoms with Gasteiger partial charge in [0.15, 0.2) is 0 Å². The zero-order valence-electron chi connectivity index (χ0n) is 20.5. The Bertz CT molecular complexity index is 1310. The maximum absolute atomic E-state index is 13.7. The minimum Gasteiger partial charge on any atom is -0.463 e. The van der Waals surface area contributed by atoms with Gasteiger partial charge in [-0.2, -0.15) is 0 Å². The van der Waals surface area contributed by atoms with Crippen LogP contribution in [0.4, 0.5) is 5.69 Å². The van der Waals surface area contributed by atoms with Crippen molar-refractivity contribution in [3.8, 4) is 0 Å². The molecule has 1 heterocycles. The molecule has 0 fully saturated rings. The van der Waals surface area contributed by atoms with E-state index in [0.717, 1.165) is 32.5 Å². The largest absolute Gasteiger partial charge is 0.463 e. The molecule has 0 saturated heterocycles. The quantitative estimate of drug-likeness (QED) is 0.306. The zero-order valence-corrected chi connectivity index (χ0v) is 22.1. The molecule has 3 aromatic carbocycles. The molecule has 0 amide bonds. The second kappa shape index (κ2) is 11.4. The summed E-state index contributed by atoms with van der Waals surface area (Å²) in [6.45, 7) is 5.85. The number of carbonyl (C=O) groups excluding carboxylic acids is 2. The molecule has 6 heteroatoms. The molecule has 0 aromatic heterocycles. The predicted molar refractivity (Wildman–Crippen MR) is 145 cm³/mol. The van der Waals surface area contributed by atoms with E-state index in [-0.39, 0.29) is 24.5 Å². The van der Waals surface area contributed by atoms with Gasteiger partial charge in [0.25, 0.3) is 0 Å². The lowest BCUT2D eigenvalue weighted by atomic mass is 9.84. The summed E-state index contributed by atoms with van der Waals surface area (Å²) >= 11 is 3.49. The van der Waals surface area contributed by atoms with Gasteiger partial charge in [-0.1, -0.05) is 76.6 Å². The fourth-order valence-electron chi connectivity index (χ4n) is 4.37. The number of para-hydroxylation sites is 1. The molecule has 0 radical (unpaired) electrons. The van der Waals surface area contributed by atoms with Crippen LogP contribution < -0.4 is 4.90 Å². The Morgan fingerprint density at radius 3 is 2.08 bits per heavy atom. The number of esters is 2. The van der Waals surface area contributed by atoms with Crippen molar-refractivity contribution in [3.63, 3.8) is 0 Å². The van der Waals surface area contributed by atoms with E-state index in [1.165, 1.54) is 0 Å². The standard InChI is InChI=1S/C30H28BrNO4/c1-4-35-29(33)27-24(21-15-17-23(31)18-16-21)19-26(22-12-7-6-8-13-22)32(28(27)30(34)36-5-2)25-14-10-9-11-20(25)3/h6-19,24H,4-5H2,1-3H3. The highest BCUT2D eigenvalue weighted by atomic mass is 79.9. The van der Waals surface area contributed by atoms with Crippen LogP contribution in [-0.4, -0.2) is 25.2 Å². The number of anilines is 1. The number of benzene rings is 3. The molecule has 36 heavy (non-hydrogen) atoms. The van der Waals surface area contributed by atoms with Crippen molar-refractivity contribution in [2.45, 2.75) is 26.7 Å². The molecule has 5 nitrogen and oxygen atoms in total. The topological polar surface area (TPSA) is 55.8 Å². The lowest BCUT2D eigenvalue weighted by Crippen LogP contribution is -2.36. The first-order valence-electron chi connectivity index (χ1n) is 11.9. The van der Waals surface area contributed by atoms with Crippen LogP contribution in [0, 0.1) is 6.92 Å². The van der Waals surface area contributed by atoms with Crippen LogP contribution in [0.25, 0.3) is 5.70 Å². The molecule has 0 N–H and O–H groups in total. The number of rotatable bonds is 7. The van der Waals surface area contributed by atoms with Crippen molar-refractivity contribution >= 4 is 39.3 Å². The van der Waals surface area contributed by atoms with E-state index < -0.39 is 17.9 Å². The lowest BCUT2D eigenvalue weighted by Gasteiger charge is -2.37. The number of hydrogen-bond acceptors (Lipinski definition) is 5. The Morgan fingerprint density at radius 2 is 1.44 bits per heavy atom. The van der Waals surface area contributed by atoms with E-state index in [1.807, 2.05) is 96.8 Å². The molecule has 0 bridgehead atoms. The van der Waals surface area contributed by atoms with Gasteiger partial charge in [0.2, 0.25) is 0 Å². The summed E-state index contributed by atoms with van der Waals surface area (Å²) in [6, 6.07) is 25.4. The van der Waals surface area contributed by atoms with Crippen LogP contribution in [0.15, 0.2) is 101 Å². The zero-order chi connectivity index (χ0) is 25.7. The molecule has 3 aromatic rings. The summed E-state index contributed by atoms with van der Waals surface area (Å²) in [5.74, 6) is -1.64. The van der Waals surface area contributed by atoms with Crippen LogP contribution in [0.5, 0.6) is 0 Å². The third-order valence-corrected chi connectivity index (χ3v) is 6.50. The highest BCUT2D eigenvalue weighted by Crippen LogP contribution is 2.44. The van der Waals surface area contributed by atoms with Crippen molar-refractivity contribution in [1.82, 2.24) is 0 Å². The van der Waals surface area contributed by atoms with Gasteiger partial charge < -0.3 is 14.4 Å². The van der Waals surface area contributed by atoms with E-state index in [9.17, 15) is 9.59 Å². The van der Waals surface area contributed by atoms with Gasteiger partial charge in [0.05, 0.1) is 24.5 Å². The first-order chi connectivity index (χ1) is 17.5. The van der Waals surface area contributed by atoms with Gasteiger partial charge >= 0.3 is 11.9 Å². The monoisotopic (exact) mass is 545 g/mol. The minimum absolute atomic E-state index is 0.166. The third-order valence-electron chi connectivity index (χ3n) is 5.97. The van der Waals surface area contributed by atoms with Gasteiger partial charge in [-0.25, -0.2) is 9.59 Å². The second-order valence-electron chi connectivity index (χ2n) is 8.27. The van der Waals surface area contributed by atoms with Crippen molar-refractivity contribution < 1.29 is 19.1 Å². The maximum atomic E-state index is 13.7. The van der Waals surface area contributed by atoms with E-state index in [4.69, 9.17) is 9.47 Å². The minimum atomic E-state index is -0.576. The smallest absolute Gasteiger partial charge is 0.355 e. The molecule has 0 saturated carbocycles. The number of hydrogen-bond donors (Lipinski definition) is 0. The van der Waals surface area contributed by atoms with E-state index in [0.29, 0.717) is 0 Å². The van der Waals surface area contributed by atoms with Crippen LogP contribution in [0.2, 0.25) is 0 Å². The first kappa shape index (κ1) is 25.5. The average Bonchev–Trinajstić information content (AvgIpc) is 2.89. The fourth-order valence-corrected chi connectivity index (χ4v) is 4.63. The predicted octanol–water partition coefficient (Wildman–Crippen LogP) is 6.78. The molecule has 0 spiro atoms. The summed E-state index contributed by atoms with van der Waals surface area (Å²) in [5.41, 5.74) is 4.71. The number of nitrogens with zero attached hydrogens (tertiary/aromatic N) is 1. The van der Waals surface area contributed by atoms with Gasteiger partial charge in [-0.3, -0.25) is 0 Å². The van der Waals surface area contributed by atoms with Crippen LogP contribution in [-0.2, 0) is 19.1 Å². The molecule has 184 valence electrons. The van der Waals surface area contributed by atoms with E-state index in [1.54, 1.807) is 13.8 Å². The van der Waals surface area contributed by atoms with Gasteiger partial charge in [-0.15, -0.1) is 0 Å². The van der Waals surface area contributed by atoms with E-state index in [2.05, 4.69) is 15.9 Å². The van der Waals surface area contributed by atoms with Gasteiger partial charge in [0, 0.05) is 16.1 Å². The van der Waals surface area contributed by atoms with Crippen molar-refractivity contribution in [1.29, 1.82) is 0 Å². The Morgan fingerprint density at radius 1 is 0.833 bits per heavy atom. The number of halogens is 1.